The number of ether oxygens (including phenoxy) is 2. The van der Waals surface area contributed by atoms with Gasteiger partial charge >= 0.3 is 0 Å². The Hall–Kier alpha value is -1.67. The Morgan fingerprint density at radius 2 is 1.25 bits per heavy atom. The summed E-state index contributed by atoms with van der Waals surface area (Å²) in [5, 5.41) is 0. The number of hydrogen-bond donors (Lipinski definition) is 0. The van der Waals surface area contributed by atoms with Gasteiger partial charge in [-0.2, -0.15) is 0 Å². The van der Waals surface area contributed by atoms with E-state index in [2.05, 4.69) is 0 Å². The van der Waals surface area contributed by atoms with Crippen molar-refractivity contribution in [1.82, 2.24) is 14.7 Å². The fourth-order valence-electron chi connectivity index (χ4n) is 3.51. The summed E-state index contributed by atoms with van der Waals surface area (Å²) in [6.07, 6.45) is 1.21. The normalized spacial score (nSPS) is 23.6. The molecule has 1 spiro atoms. The first-order chi connectivity index (χ1) is 11.5. The van der Waals surface area contributed by atoms with Gasteiger partial charge in [0.05, 0.1) is 13.2 Å². The lowest BCUT2D eigenvalue weighted by Gasteiger charge is -2.38. The van der Waals surface area contributed by atoms with Gasteiger partial charge in [-0.1, -0.05) is 0 Å². The molecule has 0 bridgehead atoms. The van der Waals surface area contributed by atoms with Crippen LogP contribution in [0.4, 0.5) is 0 Å². The third-order valence-corrected chi connectivity index (χ3v) is 5.07. The van der Waals surface area contributed by atoms with Gasteiger partial charge in [0, 0.05) is 59.0 Å². The van der Waals surface area contributed by atoms with E-state index in [0.29, 0.717) is 65.3 Å². The lowest BCUT2D eigenvalue weighted by atomic mass is 10.0. The van der Waals surface area contributed by atoms with Crippen molar-refractivity contribution in [1.29, 1.82) is 0 Å². The van der Waals surface area contributed by atoms with Crippen molar-refractivity contribution in [3.8, 4) is 0 Å². The van der Waals surface area contributed by atoms with E-state index >= 15 is 0 Å². The number of piperidine rings is 1. The summed E-state index contributed by atoms with van der Waals surface area (Å²) in [7, 11) is 0. The number of amides is 3. The van der Waals surface area contributed by atoms with Gasteiger partial charge in [0.25, 0.3) is 0 Å². The monoisotopic (exact) mass is 339 g/mol. The number of rotatable bonds is 2. The van der Waals surface area contributed by atoms with E-state index in [1.165, 1.54) is 6.92 Å². The van der Waals surface area contributed by atoms with E-state index in [-0.39, 0.29) is 24.1 Å². The van der Waals surface area contributed by atoms with Gasteiger partial charge in [-0.15, -0.1) is 0 Å². The van der Waals surface area contributed by atoms with Gasteiger partial charge in [-0.3, -0.25) is 14.4 Å². The van der Waals surface area contributed by atoms with Crippen LogP contribution in [-0.4, -0.2) is 90.7 Å². The lowest BCUT2D eigenvalue weighted by molar-refractivity contribution is -0.187. The quantitative estimate of drug-likeness (QED) is 0.630. The molecule has 0 aromatic heterocycles. The highest BCUT2D eigenvalue weighted by Gasteiger charge is 2.41. The average molecular weight is 339 g/mol. The minimum absolute atomic E-state index is 0.0248. The van der Waals surface area contributed by atoms with E-state index in [4.69, 9.17) is 9.47 Å². The van der Waals surface area contributed by atoms with Crippen molar-refractivity contribution in [3.63, 3.8) is 0 Å². The molecule has 3 aliphatic heterocycles. The highest BCUT2D eigenvalue weighted by molar-refractivity contribution is 5.97. The second-order valence-electron chi connectivity index (χ2n) is 6.55. The van der Waals surface area contributed by atoms with Crippen LogP contribution in [0, 0.1) is 0 Å². The molecule has 3 heterocycles. The number of hydrogen-bond acceptors (Lipinski definition) is 5. The van der Waals surface area contributed by atoms with Crippen molar-refractivity contribution in [3.05, 3.63) is 0 Å². The summed E-state index contributed by atoms with van der Waals surface area (Å²) in [6.45, 7) is 5.94. The molecule has 134 valence electrons. The van der Waals surface area contributed by atoms with E-state index < -0.39 is 5.79 Å². The van der Waals surface area contributed by atoms with Gasteiger partial charge in [0.1, 0.15) is 6.42 Å². The van der Waals surface area contributed by atoms with Crippen LogP contribution in [0.2, 0.25) is 0 Å². The largest absolute Gasteiger partial charge is 0.347 e. The van der Waals surface area contributed by atoms with E-state index in [1.807, 2.05) is 0 Å². The Balaban J connectivity index is 1.43. The summed E-state index contributed by atoms with van der Waals surface area (Å²) < 4.78 is 11.3. The molecule has 3 saturated heterocycles. The fraction of sp³-hybridized carbons (Fsp3) is 0.812. The minimum Gasteiger partial charge on any atom is -0.347 e. The predicted molar refractivity (Wildman–Crippen MR) is 83.9 cm³/mol. The van der Waals surface area contributed by atoms with E-state index in [1.54, 1.807) is 14.7 Å². The van der Waals surface area contributed by atoms with Crippen LogP contribution in [0.5, 0.6) is 0 Å². The first-order valence-corrected chi connectivity index (χ1v) is 8.58. The van der Waals surface area contributed by atoms with E-state index in [0.717, 1.165) is 0 Å². The third kappa shape index (κ3) is 3.70. The molecular formula is C16H25N3O5. The second-order valence-corrected chi connectivity index (χ2v) is 6.55. The van der Waals surface area contributed by atoms with Crippen LogP contribution >= 0.6 is 0 Å². The predicted octanol–water partition coefficient (Wildman–Crippen LogP) is -0.567. The first-order valence-electron chi connectivity index (χ1n) is 8.58. The molecule has 0 unspecified atom stereocenters. The smallest absolute Gasteiger partial charge is 0.232 e. The Bertz CT molecular complexity index is 500. The molecule has 24 heavy (non-hydrogen) atoms. The number of likely N-dealkylation sites (tertiary alicyclic amines) is 1. The fourth-order valence-corrected chi connectivity index (χ4v) is 3.51. The van der Waals surface area contributed by atoms with Crippen molar-refractivity contribution in [2.45, 2.75) is 32.0 Å². The van der Waals surface area contributed by atoms with Gasteiger partial charge in [-0.25, -0.2) is 0 Å². The Labute approximate surface area is 141 Å². The van der Waals surface area contributed by atoms with Crippen LogP contribution in [0.25, 0.3) is 0 Å². The van der Waals surface area contributed by atoms with Crippen LogP contribution < -0.4 is 0 Å². The maximum Gasteiger partial charge on any atom is 0.232 e. The Morgan fingerprint density at radius 3 is 1.75 bits per heavy atom. The molecule has 3 amide bonds. The summed E-state index contributed by atoms with van der Waals surface area (Å²) in [5.74, 6) is -0.778. The Morgan fingerprint density at radius 1 is 0.792 bits per heavy atom. The molecule has 3 fully saturated rings. The molecule has 0 aliphatic carbocycles. The van der Waals surface area contributed by atoms with Crippen LogP contribution in [0.1, 0.15) is 26.2 Å². The number of piperazine rings is 1. The highest BCUT2D eigenvalue weighted by atomic mass is 16.7. The van der Waals surface area contributed by atoms with Crippen LogP contribution in [-0.2, 0) is 23.9 Å². The number of nitrogens with zero attached hydrogens (tertiary/aromatic N) is 3. The molecule has 3 aliphatic rings. The van der Waals surface area contributed by atoms with E-state index in [9.17, 15) is 14.4 Å². The van der Waals surface area contributed by atoms with Crippen molar-refractivity contribution in [2.75, 3.05) is 52.5 Å². The molecule has 3 rings (SSSR count). The molecule has 0 radical (unpaired) electrons. The topological polar surface area (TPSA) is 79.4 Å². The first kappa shape index (κ1) is 17.2. The van der Waals surface area contributed by atoms with Gasteiger partial charge in [0.2, 0.25) is 17.7 Å². The summed E-state index contributed by atoms with van der Waals surface area (Å²) in [6, 6.07) is 0. The highest BCUT2D eigenvalue weighted by Crippen LogP contribution is 2.31. The zero-order valence-corrected chi connectivity index (χ0v) is 14.2. The lowest BCUT2D eigenvalue weighted by Crippen LogP contribution is -2.52. The van der Waals surface area contributed by atoms with Crippen LogP contribution in [0.15, 0.2) is 0 Å². The maximum absolute atomic E-state index is 12.4. The van der Waals surface area contributed by atoms with Crippen molar-refractivity contribution >= 4 is 17.7 Å². The Kier molecular flexibility index (Phi) is 5.05. The third-order valence-electron chi connectivity index (χ3n) is 5.07. The molecule has 0 saturated carbocycles. The van der Waals surface area contributed by atoms with Gasteiger partial charge in [-0.05, 0) is 0 Å². The molecule has 0 aromatic carbocycles. The van der Waals surface area contributed by atoms with Crippen molar-refractivity contribution < 1.29 is 23.9 Å². The maximum atomic E-state index is 12.4. The van der Waals surface area contributed by atoms with Crippen LogP contribution in [0.3, 0.4) is 0 Å². The summed E-state index contributed by atoms with van der Waals surface area (Å²) in [4.78, 5) is 41.1. The average Bonchev–Trinajstić information content (AvgIpc) is 3.03. The zero-order chi connectivity index (χ0) is 17.2. The summed E-state index contributed by atoms with van der Waals surface area (Å²) >= 11 is 0. The van der Waals surface area contributed by atoms with Gasteiger partial charge in [0.15, 0.2) is 5.79 Å². The molecule has 8 nitrogen and oxygen atoms in total. The number of carbonyl (C=O) groups is 3. The molecule has 0 N–H and O–H groups in total. The molecule has 0 atom stereocenters. The molecule has 0 aromatic rings. The second kappa shape index (κ2) is 7.06. The van der Waals surface area contributed by atoms with Gasteiger partial charge < -0.3 is 24.2 Å². The molecule has 8 heteroatoms. The zero-order valence-electron chi connectivity index (χ0n) is 14.2. The molecular weight excluding hydrogens is 314 g/mol. The summed E-state index contributed by atoms with van der Waals surface area (Å²) in [5.41, 5.74) is 0. The minimum atomic E-state index is -0.510. The number of carbonyl (C=O) groups excluding carboxylic acids is 3. The van der Waals surface area contributed by atoms with Crippen molar-refractivity contribution in [2.24, 2.45) is 0 Å². The SMILES string of the molecule is CC(=O)N1CCN(C(=O)CC(=O)N2CCC3(CC2)OCCO3)CC1. The standard InChI is InChI=1S/C16H25N3O5/c1-13(20)17-6-8-19(9-7-17)15(22)12-14(21)18-4-2-16(3-5-18)23-10-11-24-16/h2-12H2,1H3.